The molecule has 0 saturated carbocycles. The molecule has 1 rings (SSSR count). The Morgan fingerprint density at radius 1 is 1.33 bits per heavy atom. The molecule has 1 fully saturated rings. The summed E-state index contributed by atoms with van der Waals surface area (Å²) in [5.41, 5.74) is 0.335. The Labute approximate surface area is 105 Å². The van der Waals surface area contributed by atoms with E-state index >= 15 is 0 Å². The van der Waals surface area contributed by atoms with Crippen molar-refractivity contribution in [1.82, 2.24) is 10.2 Å². The zero-order valence-corrected chi connectivity index (χ0v) is 11.1. The summed E-state index contributed by atoms with van der Waals surface area (Å²) in [5, 5.41) is 10.5. The molecule has 0 amide bonds. The lowest BCUT2D eigenvalue weighted by Crippen LogP contribution is -2.56. The molecule has 1 aliphatic heterocycles. The van der Waals surface area contributed by atoms with Gasteiger partial charge < -0.3 is 10.4 Å². The number of piperazine rings is 1. The van der Waals surface area contributed by atoms with E-state index in [9.17, 15) is 13.2 Å². The number of hydrogen-bond acceptors (Lipinski definition) is 3. The zero-order chi connectivity index (χ0) is 14.6. The molecule has 0 unspecified atom stereocenters. The van der Waals surface area contributed by atoms with Gasteiger partial charge in [-0.1, -0.05) is 0 Å². The first-order valence-corrected chi connectivity index (χ1v) is 5.74. The zero-order valence-electron chi connectivity index (χ0n) is 11.1. The van der Waals surface area contributed by atoms with Gasteiger partial charge in [0.05, 0.1) is 0 Å². The summed E-state index contributed by atoms with van der Waals surface area (Å²) in [6.45, 7) is 12.6. The predicted octanol–water partition coefficient (Wildman–Crippen LogP) is 1.71. The van der Waals surface area contributed by atoms with E-state index in [0.29, 0.717) is 11.6 Å². The summed E-state index contributed by atoms with van der Waals surface area (Å²) in [4.78, 5) is 11.5. The van der Waals surface area contributed by atoms with Crippen molar-refractivity contribution in [3.05, 3.63) is 0 Å². The van der Waals surface area contributed by atoms with Crippen LogP contribution in [0, 0.1) is 0 Å². The molecule has 2 N–H and O–H groups in total. The van der Waals surface area contributed by atoms with Crippen LogP contribution in [0.15, 0.2) is 0 Å². The van der Waals surface area contributed by atoms with Crippen molar-refractivity contribution in [2.45, 2.75) is 45.5 Å². The van der Waals surface area contributed by atoms with Crippen molar-refractivity contribution in [2.75, 3.05) is 19.6 Å². The van der Waals surface area contributed by atoms with Crippen LogP contribution in [0.2, 0.25) is 0 Å². The average molecular weight is 270 g/mol. The van der Waals surface area contributed by atoms with E-state index < -0.39 is 12.1 Å². The summed E-state index contributed by atoms with van der Waals surface area (Å²) >= 11 is 0. The number of nitrogens with one attached hydrogen (secondary N) is 1. The van der Waals surface area contributed by atoms with Crippen LogP contribution in [-0.2, 0) is 4.79 Å². The second-order valence-corrected chi connectivity index (χ2v) is 5.22. The number of halogens is 3. The molecule has 1 saturated heterocycles. The third-order valence-corrected chi connectivity index (χ3v) is 2.61. The van der Waals surface area contributed by atoms with Gasteiger partial charge in [-0.3, -0.25) is 4.90 Å². The lowest BCUT2D eigenvalue weighted by atomic mass is 10.0. The van der Waals surface area contributed by atoms with E-state index in [1.165, 1.54) is 6.54 Å². The maximum Gasteiger partial charge on any atom is 0.490 e. The van der Waals surface area contributed by atoms with E-state index in [2.05, 4.69) is 37.9 Å². The number of carboxylic acid groups (broad SMARTS) is 1. The summed E-state index contributed by atoms with van der Waals surface area (Å²) in [5.74, 6) is -2.76. The largest absolute Gasteiger partial charge is 0.490 e. The number of aliphatic carboxylic acids is 1. The van der Waals surface area contributed by atoms with Crippen LogP contribution in [0.25, 0.3) is 0 Å². The molecular formula is C11H21F3N2O2. The normalized spacial score (nSPS) is 22.1. The van der Waals surface area contributed by atoms with Crippen molar-refractivity contribution >= 4 is 5.97 Å². The molecule has 0 radical (unpaired) electrons. The number of alkyl halides is 3. The van der Waals surface area contributed by atoms with Gasteiger partial charge in [0.1, 0.15) is 0 Å². The maximum absolute atomic E-state index is 10.6. The fraction of sp³-hybridized carbons (Fsp3) is 0.909. The third kappa shape index (κ3) is 6.20. The van der Waals surface area contributed by atoms with Crippen molar-refractivity contribution in [2.24, 2.45) is 0 Å². The lowest BCUT2D eigenvalue weighted by molar-refractivity contribution is -0.192. The van der Waals surface area contributed by atoms with E-state index in [-0.39, 0.29) is 0 Å². The van der Waals surface area contributed by atoms with E-state index in [1.54, 1.807) is 0 Å². The highest BCUT2D eigenvalue weighted by atomic mass is 19.4. The number of nitrogens with zero attached hydrogens (tertiary/aromatic N) is 1. The third-order valence-electron chi connectivity index (χ3n) is 2.61. The molecule has 0 aromatic heterocycles. The second-order valence-electron chi connectivity index (χ2n) is 5.22. The molecule has 18 heavy (non-hydrogen) atoms. The minimum Gasteiger partial charge on any atom is -0.475 e. The summed E-state index contributed by atoms with van der Waals surface area (Å²) in [7, 11) is 0. The molecule has 0 aromatic carbocycles. The fourth-order valence-electron chi connectivity index (χ4n) is 1.84. The van der Waals surface area contributed by atoms with Crippen molar-refractivity contribution in [3.63, 3.8) is 0 Å². The minimum absolute atomic E-state index is 0.335. The average Bonchev–Trinajstić information content (AvgIpc) is 2.15. The molecule has 1 atom stereocenters. The first kappa shape index (κ1) is 17.2. The highest BCUT2D eigenvalue weighted by Crippen LogP contribution is 2.17. The first-order chi connectivity index (χ1) is 7.96. The molecule has 1 aliphatic rings. The lowest BCUT2D eigenvalue weighted by Gasteiger charge is -2.43. The van der Waals surface area contributed by atoms with Gasteiger partial charge in [0.2, 0.25) is 0 Å². The highest BCUT2D eigenvalue weighted by molar-refractivity contribution is 5.73. The van der Waals surface area contributed by atoms with Crippen LogP contribution >= 0.6 is 0 Å². The van der Waals surface area contributed by atoms with Gasteiger partial charge in [0.25, 0.3) is 0 Å². The Hall–Kier alpha value is -0.820. The number of hydrogen-bond donors (Lipinski definition) is 2. The monoisotopic (exact) mass is 270 g/mol. The van der Waals surface area contributed by atoms with E-state index in [4.69, 9.17) is 9.90 Å². The molecule has 0 spiro atoms. The standard InChI is InChI=1S/C9H20N2.C2HF3O2/c1-8-7-10-5-6-11(8)9(2,3)4;3-2(4,5)1(6)7/h8,10H,5-7H2,1-4H3;(H,6,7)/t8-;/m0./s1. The second kappa shape index (κ2) is 6.38. The van der Waals surface area contributed by atoms with E-state index in [1.807, 2.05) is 0 Å². The Bertz CT molecular complexity index is 274. The molecular weight excluding hydrogens is 249 g/mol. The van der Waals surface area contributed by atoms with Gasteiger partial charge in [-0.05, 0) is 27.7 Å². The predicted molar refractivity (Wildman–Crippen MR) is 62.5 cm³/mol. The van der Waals surface area contributed by atoms with Crippen LogP contribution in [0.4, 0.5) is 13.2 Å². The Morgan fingerprint density at radius 3 is 2.00 bits per heavy atom. The Morgan fingerprint density at radius 2 is 1.78 bits per heavy atom. The summed E-state index contributed by atoms with van der Waals surface area (Å²) in [6, 6.07) is 0.684. The van der Waals surface area contributed by atoms with Crippen molar-refractivity contribution < 1.29 is 23.1 Å². The maximum atomic E-state index is 10.6. The molecule has 7 heteroatoms. The molecule has 4 nitrogen and oxygen atoms in total. The quantitative estimate of drug-likeness (QED) is 0.703. The van der Waals surface area contributed by atoms with Gasteiger partial charge in [-0.2, -0.15) is 13.2 Å². The minimum atomic E-state index is -5.08. The molecule has 108 valence electrons. The fourth-order valence-corrected chi connectivity index (χ4v) is 1.84. The highest BCUT2D eigenvalue weighted by Gasteiger charge is 2.38. The van der Waals surface area contributed by atoms with Crippen LogP contribution in [0.1, 0.15) is 27.7 Å². The van der Waals surface area contributed by atoms with Gasteiger partial charge >= 0.3 is 12.1 Å². The van der Waals surface area contributed by atoms with Crippen LogP contribution in [-0.4, -0.2) is 53.4 Å². The van der Waals surface area contributed by atoms with Crippen molar-refractivity contribution in [1.29, 1.82) is 0 Å². The van der Waals surface area contributed by atoms with E-state index in [0.717, 1.165) is 13.1 Å². The molecule has 0 bridgehead atoms. The van der Waals surface area contributed by atoms with Gasteiger partial charge in [-0.15, -0.1) is 0 Å². The van der Waals surface area contributed by atoms with Gasteiger partial charge in [0, 0.05) is 31.2 Å². The number of carbonyl (C=O) groups is 1. The van der Waals surface area contributed by atoms with Crippen LogP contribution < -0.4 is 5.32 Å². The first-order valence-electron chi connectivity index (χ1n) is 5.74. The van der Waals surface area contributed by atoms with Crippen LogP contribution in [0.3, 0.4) is 0 Å². The smallest absolute Gasteiger partial charge is 0.475 e. The molecule has 0 aromatic rings. The SMILES string of the molecule is C[C@H]1CNCCN1C(C)(C)C.O=C(O)C(F)(F)F. The Kier molecular flexibility index (Phi) is 6.09. The number of carboxylic acids is 1. The molecule has 0 aliphatic carbocycles. The molecule has 1 heterocycles. The Balaban J connectivity index is 0.000000360. The number of rotatable bonds is 0. The van der Waals surface area contributed by atoms with Gasteiger partial charge in [0.15, 0.2) is 0 Å². The summed E-state index contributed by atoms with van der Waals surface area (Å²) < 4.78 is 31.7. The topological polar surface area (TPSA) is 52.6 Å². The van der Waals surface area contributed by atoms with Gasteiger partial charge in [-0.25, -0.2) is 4.79 Å². The van der Waals surface area contributed by atoms with Crippen LogP contribution in [0.5, 0.6) is 0 Å². The summed E-state index contributed by atoms with van der Waals surface area (Å²) in [6.07, 6.45) is -5.08. The van der Waals surface area contributed by atoms with Crippen molar-refractivity contribution in [3.8, 4) is 0 Å².